The summed E-state index contributed by atoms with van der Waals surface area (Å²) in [6.07, 6.45) is -4.63. The summed E-state index contributed by atoms with van der Waals surface area (Å²) in [6.45, 7) is -0.214. The predicted molar refractivity (Wildman–Crippen MR) is 71.4 cm³/mol. The molecule has 2 heterocycles. The maximum absolute atomic E-state index is 12.6. The minimum absolute atomic E-state index is 0.0746. The molecule has 1 saturated heterocycles. The highest BCUT2D eigenvalue weighted by Crippen LogP contribution is 2.36. The van der Waals surface area contributed by atoms with Crippen LogP contribution in [0.15, 0.2) is 16.3 Å². The zero-order chi connectivity index (χ0) is 15.0. The summed E-state index contributed by atoms with van der Waals surface area (Å²) in [5.41, 5.74) is 0. The molecule has 1 aromatic rings. The van der Waals surface area contributed by atoms with E-state index in [9.17, 15) is 21.6 Å². The molecule has 0 aromatic carbocycles. The highest BCUT2D eigenvalue weighted by Gasteiger charge is 2.43. The Morgan fingerprint density at radius 1 is 1.35 bits per heavy atom. The van der Waals surface area contributed by atoms with Crippen molar-refractivity contribution < 1.29 is 21.6 Å². The lowest BCUT2D eigenvalue weighted by atomic mass is 9.98. The van der Waals surface area contributed by atoms with Crippen molar-refractivity contribution in [2.45, 2.75) is 29.8 Å². The van der Waals surface area contributed by atoms with E-state index in [1.165, 1.54) is 17.4 Å². The molecular formula is C11H13ClF3NO2S2. The highest BCUT2D eigenvalue weighted by atomic mass is 35.5. The highest BCUT2D eigenvalue weighted by molar-refractivity contribution is 7.89. The van der Waals surface area contributed by atoms with Gasteiger partial charge in [0.05, 0.1) is 16.7 Å². The van der Waals surface area contributed by atoms with E-state index in [2.05, 4.69) is 0 Å². The van der Waals surface area contributed by atoms with Gasteiger partial charge in [0.2, 0.25) is 10.0 Å². The maximum Gasteiger partial charge on any atom is 0.391 e. The van der Waals surface area contributed by atoms with Crippen molar-refractivity contribution in [1.82, 2.24) is 4.31 Å². The summed E-state index contributed by atoms with van der Waals surface area (Å²) in [5.74, 6) is -1.34. The van der Waals surface area contributed by atoms with E-state index in [1.54, 1.807) is 5.38 Å². The molecule has 3 nitrogen and oxygen atoms in total. The van der Waals surface area contributed by atoms with Gasteiger partial charge >= 0.3 is 6.18 Å². The molecule has 0 unspecified atom stereocenters. The molecule has 0 amide bonds. The Morgan fingerprint density at radius 2 is 1.95 bits per heavy atom. The van der Waals surface area contributed by atoms with Gasteiger partial charge < -0.3 is 0 Å². The quantitative estimate of drug-likeness (QED) is 0.785. The molecule has 1 aromatic heterocycles. The number of halogens is 4. The first-order valence-electron chi connectivity index (χ1n) is 5.96. The minimum Gasteiger partial charge on any atom is -0.207 e. The van der Waals surface area contributed by atoms with Crippen LogP contribution in [0.4, 0.5) is 13.2 Å². The molecule has 0 bridgehead atoms. The van der Waals surface area contributed by atoms with Gasteiger partial charge in [-0.05, 0) is 24.3 Å². The van der Waals surface area contributed by atoms with Crippen LogP contribution >= 0.6 is 22.9 Å². The van der Waals surface area contributed by atoms with Gasteiger partial charge in [0, 0.05) is 18.0 Å². The third-order valence-electron chi connectivity index (χ3n) is 3.36. The van der Waals surface area contributed by atoms with Gasteiger partial charge in [-0.2, -0.15) is 17.5 Å². The van der Waals surface area contributed by atoms with Gasteiger partial charge in [-0.15, -0.1) is 22.9 Å². The minimum atomic E-state index is -4.25. The van der Waals surface area contributed by atoms with Crippen LogP contribution in [0.25, 0.3) is 0 Å². The summed E-state index contributed by atoms with van der Waals surface area (Å²) in [6, 6.07) is 1.45. The molecule has 1 fully saturated rings. The molecule has 20 heavy (non-hydrogen) atoms. The van der Waals surface area contributed by atoms with Crippen LogP contribution in [-0.4, -0.2) is 32.0 Å². The topological polar surface area (TPSA) is 37.4 Å². The van der Waals surface area contributed by atoms with Crippen molar-refractivity contribution in [2.24, 2.45) is 5.92 Å². The van der Waals surface area contributed by atoms with Gasteiger partial charge in [-0.1, -0.05) is 0 Å². The van der Waals surface area contributed by atoms with Crippen molar-refractivity contribution in [3.05, 3.63) is 16.3 Å². The maximum atomic E-state index is 12.6. The van der Waals surface area contributed by atoms with Crippen molar-refractivity contribution >= 4 is 33.0 Å². The first-order chi connectivity index (χ1) is 9.26. The smallest absolute Gasteiger partial charge is 0.207 e. The SMILES string of the molecule is O=S(=O)(c1ccsc1CCl)N1CCC(C(F)(F)F)CC1. The molecule has 114 valence electrons. The van der Waals surface area contributed by atoms with Crippen LogP contribution in [0.3, 0.4) is 0 Å². The van der Waals surface area contributed by atoms with Crippen LogP contribution in [-0.2, 0) is 15.9 Å². The monoisotopic (exact) mass is 347 g/mol. The number of rotatable bonds is 3. The van der Waals surface area contributed by atoms with E-state index in [-0.39, 0.29) is 36.7 Å². The molecule has 2 rings (SSSR count). The van der Waals surface area contributed by atoms with Gasteiger partial charge in [0.25, 0.3) is 0 Å². The molecule has 0 aliphatic carbocycles. The summed E-state index contributed by atoms with van der Waals surface area (Å²) in [5, 5.41) is 1.62. The Kier molecular flexibility index (Phi) is 4.68. The standard InChI is InChI=1S/C11H13ClF3NO2S2/c12-7-9-10(3-6-19-9)20(17,18)16-4-1-8(2-5-16)11(13,14)15/h3,6,8H,1-2,4-5,7H2. The van der Waals surface area contributed by atoms with Crippen LogP contribution in [0.1, 0.15) is 17.7 Å². The fourth-order valence-electron chi connectivity index (χ4n) is 2.22. The van der Waals surface area contributed by atoms with Crippen LogP contribution < -0.4 is 0 Å². The van der Waals surface area contributed by atoms with E-state index < -0.39 is 22.1 Å². The summed E-state index contributed by atoms with van der Waals surface area (Å²) in [7, 11) is -3.74. The number of nitrogens with zero attached hydrogens (tertiary/aromatic N) is 1. The van der Waals surface area contributed by atoms with Crippen LogP contribution in [0.5, 0.6) is 0 Å². The summed E-state index contributed by atoms with van der Waals surface area (Å²) < 4.78 is 63.6. The first-order valence-corrected chi connectivity index (χ1v) is 8.81. The van der Waals surface area contributed by atoms with Crippen molar-refractivity contribution in [3.63, 3.8) is 0 Å². The van der Waals surface area contributed by atoms with E-state index in [4.69, 9.17) is 11.6 Å². The fourth-order valence-corrected chi connectivity index (χ4v) is 5.36. The molecular weight excluding hydrogens is 335 g/mol. The average Bonchev–Trinajstić information content (AvgIpc) is 2.87. The number of piperidine rings is 1. The largest absolute Gasteiger partial charge is 0.391 e. The molecule has 1 aliphatic heterocycles. The molecule has 0 saturated carbocycles. The molecule has 0 atom stereocenters. The Morgan fingerprint density at radius 3 is 2.45 bits per heavy atom. The summed E-state index contributed by atoms with van der Waals surface area (Å²) >= 11 is 6.91. The van der Waals surface area contributed by atoms with Gasteiger partial charge in [0.15, 0.2) is 0 Å². The zero-order valence-electron chi connectivity index (χ0n) is 10.4. The number of sulfonamides is 1. The Balaban J connectivity index is 2.14. The Bertz CT molecular complexity index is 562. The Labute approximate surface area is 124 Å². The van der Waals surface area contributed by atoms with E-state index >= 15 is 0 Å². The molecule has 0 N–H and O–H groups in total. The third kappa shape index (κ3) is 3.13. The molecule has 1 aliphatic rings. The Hall–Kier alpha value is -0.310. The van der Waals surface area contributed by atoms with Gasteiger partial charge in [-0.25, -0.2) is 8.42 Å². The summed E-state index contributed by atoms with van der Waals surface area (Å²) in [4.78, 5) is 0.632. The predicted octanol–water partition coefficient (Wildman–Crippen LogP) is 3.45. The van der Waals surface area contributed by atoms with Crippen LogP contribution in [0, 0.1) is 5.92 Å². The first kappa shape index (κ1) is 16.1. The van der Waals surface area contributed by atoms with E-state index in [0.717, 1.165) is 4.31 Å². The van der Waals surface area contributed by atoms with Crippen molar-refractivity contribution in [1.29, 1.82) is 0 Å². The lowest BCUT2D eigenvalue weighted by Crippen LogP contribution is -2.42. The number of alkyl halides is 4. The normalized spacial score (nSPS) is 19.4. The fraction of sp³-hybridized carbons (Fsp3) is 0.636. The molecule has 0 radical (unpaired) electrons. The van der Waals surface area contributed by atoms with Gasteiger partial charge in [-0.3, -0.25) is 0 Å². The van der Waals surface area contributed by atoms with Crippen molar-refractivity contribution in [2.75, 3.05) is 13.1 Å². The third-order valence-corrected chi connectivity index (χ3v) is 6.82. The average molecular weight is 348 g/mol. The number of hydrogen-bond acceptors (Lipinski definition) is 3. The number of thiophene rings is 1. The van der Waals surface area contributed by atoms with Crippen LogP contribution in [0.2, 0.25) is 0 Å². The molecule has 0 spiro atoms. The lowest BCUT2D eigenvalue weighted by molar-refractivity contribution is -0.182. The number of hydrogen-bond donors (Lipinski definition) is 0. The zero-order valence-corrected chi connectivity index (χ0v) is 12.7. The molecule has 9 heteroatoms. The second-order valence-corrected chi connectivity index (χ2v) is 7.74. The van der Waals surface area contributed by atoms with Gasteiger partial charge in [0.1, 0.15) is 0 Å². The lowest BCUT2D eigenvalue weighted by Gasteiger charge is -2.32. The van der Waals surface area contributed by atoms with E-state index in [1.807, 2.05) is 0 Å². The van der Waals surface area contributed by atoms with Crippen molar-refractivity contribution in [3.8, 4) is 0 Å². The van der Waals surface area contributed by atoms with E-state index in [0.29, 0.717) is 4.88 Å². The second-order valence-electron chi connectivity index (χ2n) is 4.56. The second kappa shape index (κ2) is 5.82.